The monoisotopic (exact) mass is 248 g/mol. The van der Waals surface area contributed by atoms with E-state index in [0.717, 1.165) is 0 Å². The van der Waals surface area contributed by atoms with Gasteiger partial charge in [0, 0.05) is 13.0 Å². The van der Waals surface area contributed by atoms with Crippen molar-refractivity contribution in [2.75, 3.05) is 6.54 Å². The van der Waals surface area contributed by atoms with Crippen LogP contribution < -0.4 is 11.1 Å². The van der Waals surface area contributed by atoms with E-state index in [1.165, 1.54) is 19.3 Å². The van der Waals surface area contributed by atoms with Gasteiger partial charge < -0.3 is 11.1 Å². The van der Waals surface area contributed by atoms with E-state index in [1.54, 1.807) is 0 Å². The molecule has 1 aliphatic rings. The lowest BCUT2D eigenvalue weighted by Gasteiger charge is -2.35. The smallest absolute Gasteiger partial charge is 0.220 e. The Morgan fingerprint density at radius 1 is 1.50 bits per heavy atom. The first-order valence-corrected chi connectivity index (χ1v) is 5.99. The first-order chi connectivity index (χ1) is 6.98. The lowest BCUT2D eigenvalue weighted by atomic mass is 9.82. The van der Waals surface area contributed by atoms with Crippen molar-refractivity contribution in [2.45, 2.75) is 52.0 Å². The Labute approximate surface area is 105 Å². The number of carbonyl (C=O) groups is 1. The van der Waals surface area contributed by atoms with Gasteiger partial charge in [0.1, 0.15) is 0 Å². The largest absolute Gasteiger partial charge is 0.349 e. The zero-order valence-corrected chi connectivity index (χ0v) is 11.4. The van der Waals surface area contributed by atoms with Crippen molar-refractivity contribution in [3.05, 3.63) is 0 Å². The predicted octanol–water partition coefficient (Wildman–Crippen LogP) is 2.09. The fourth-order valence-electron chi connectivity index (χ4n) is 1.76. The Kier molecular flexibility index (Phi) is 6.34. The molecular weight excluding hydrogens is 224 g/mol. The van der Waals surface area contributed by atoms with Gasteiger partial charge in [-0.05, 0) is 31.6 Å². The average Bonchev–Trinajstić information content (AvgIpc) is 2.11. The van der Waals surface area contributed by atoms with E-state index in [1.807, 2.05) is 6.92 Å². The number of hydrogen-bond acceptors (Lipinski definition) is 2. The van der Waals surface area contributed by atoms with Crippen LogP contribution in [0.2, 0.25) is 0 Å². The van der Waals surface area contributed by atoms with Crippen molar-refractivity contribution in [3.8, 4) is 0 Å². The highest BCUT2D eigenvalue weighted by molar-refractivity contribution is 5.85. The molecule has 1 rings (SSSR count). The third kappa shape index (κ3) is 3.95. The summed E-state index contributed by atoms with van der Waals surface area (Å²) in [5, 5.41) is 3.08. The lowest BCUT2D eigenvalue weighted by Crippen LogP contribution is -2.55. The third-order valence-electron chi connectivity index (χ3n) is 3.82. The van der Waals surface area contributed by atoms with Crippen LogP contribution in [0.5, 0.6) is 0 Å². The van der Waals surface area contributed by atoms with Gasteiger partial charge in [-0.1, -0.05) is 20.3 Å². The average molecular weight is 249 g/mol. The van der Waals surface area contributed by atoms with Crippen molar-refractivity contribution in [3.63, 3.8) is 0 Å². The standard InChI is InChI=1S/C12H24N2O.ClH/c1-9(2)12(3,8-13)14-11(15)7-10-5-4-6-10;/h9-10H,4-8,13H2,1-3H3,(H,14,15);1H. The van der Waals surface area contributed by atoms with Crippen LogP contribution in [0.1, 0.15) is 46.5 Å². The molecule has 1 aliphatic carbocycles. The van der Waals surface area contributed by atoms with Gasteiger partial charge in [-0.3, -0.25) is 4.79 Å². The van der Waals surface area contributed by atoms with Crippen molar-refractivity contribution in [2.24, 2.45) is 17.6 Å². The first-order valence-electron chi connectivity index (χ1n) is 5.99. The van der Waals surface area contributed by atoms with Gasteiger partial charge in [0.15, 0.2) is 0 Å². The highest BCUT2D eigenvalue weighted by Crippen LogP contribution is 2.29. The first kappa shape index (κ1) is 15.7. The molecule has 0 saturated heterocycles. The summed E-state index contributed by atoms with van der Waals surface area (Å²) in [5.41, 5.74) is 5.47. The molecule has 0 aromatic rings. The molecule has 1 unspecified atom stereocenters. The fourth-order valence-corrected chi connectivity index (χ4v) is 1.76. The minimum absolute atomic E-state index is 0. The van der Waals surface area contributed by atoms with Crippen LogP contribution in [0.3, 0.4) is 0 Å². The molecule has 3 N–H and O–H groups in total. The summed E-state index contributed by atoms with van der Waals surface area (Å²) in [6.45, 7) is 6.71. The molecule has 0 aromatic heterocycles. The molecule has 0 aromatic carbocycles. The van der Waals surface area contributed by atoms with Crippen molar-refractivity contribution in [1.29, 1.82) is 0 Å². The topological polar surface area (TPSA) is 55.1 Å². The molecule has 16 heavy (non-hydrogen) atoms. The van der Waals surface area contributed by atoms with E-state index < -0.39 is 0 Å². The van der Waals surface area contributed by atoms with E-state index in [-0.39, 0.29) is 23.9 Å². The normalized spacial score (nSPS) is 19.6. The Hall–Kier alpha value is -0.280. The zero-order valence-electron chi connectivity index (χ0n) is 10.6. The van der Waals surface area contributed by atoms with E-state index in [9.17, 15) is 4.79 Å². The van der Waals surface area contributed by atoms with Gasteiger partial charge >= 0.3 is 0 Å². The van der Waals surface area contributed by atoms with Crippen LogP contribution in [-0.4, -0.2) is 18.0 Å². The van der Waals surface area contributed by atoms with Crippen LogP contribution >= 0.6 is 12.4 Å². The van der Waals surface area contributed by atoms with Crippen molar-refractivity contribution >= 4 is 18.3 Å². The summed E-state index contributed by atoms with van der Waals surface area (Å²) >= 11 is 0. The summed E-state index contributed by atoms with van der Waals surface area (Å²) in [7, 11) is 0. The molecule has 96 valence electrons. The van der Waals surface area contributed by atoms with Gasteiger partial charge in [-0.2, -0.15) is 0 Å². The summed E-state index contributed by atoms with van der Waals surface area (Å²) in [4.78, 5) is 11.8. The van der Waals surface area contributed by atoms with E-state index >= 15 is 0 Å². The Morgan fingerprint density at radius 3 is 2.38 bits per heavy atom. The van der Waals surface area contributed by atoms with E-state index in [2.05, 4.69) is 19.2 Å². The van der Waals surface area contributed by atoms with Crippen molar-refractivity contribution < 1.29 is 4.79 Å². The number of amides is 1. The maximum Gasteiger partial charge on any atom is 0.220 e. The van der Waals surface area contributed by atoms with E-state index in [4.69, 9.17) is 5.73 Å². The number of nitrogens with one attached hydrogen (secondary N) is 1. The molecule has 0 aliphatic heterocycles. The molecule has 1 saturated carbocycles. The number of halogens is 1. The van der Waals surface area contributed by atoms with Gasteiger partial charge in [-0.15, -0.1) is 12.4 Å². The maximum atomic E-state index is 11.8. The number of rotatable bonds is 5. The number of hydrogen-bond donors (Lipinski definition) is 2. The second-order valence-corrected chi connectivity index (χ2v) is 5.33. The fraction of sp³-hybridized carbons (Fsp3) is 0.917. The quantitative estimate of drug-likeness (QED) is 0.783. The van der Waals surface area contributed by atoms with Crippen molar-refractivity contribution in [1.82, 2.24) is 5.32 Å². The Morgan fingerprint density at radius 2 is 2.06 bits per heavy atom. The van der Waals surface area contributed by atoms with Gasteiger partial charge in [0.05, 0.1) is 5.54 Å². The highest BCUT2D eigenvalue weighted by Gasteiger charge is 2.30. The molecular formula is C12H25ClN2O. The van der Waals surface area contributed by atoms with Crippen LogP contribution in [0.15, 0.2) is 0 Å². The molecule has 1 amide bonds. The van der Waals surface area contributed by atoms with Gasteiger partial charge in [0.2, 0.25) is 5.91 Å². The Balaban J connectivity index is 0.00000225. The molecule has 0 heterocycles. The molecule has 0 spiro atoms. The molecule has 3 nitrogen and oxygen atoms in total. The second-order valence-electron chi connectivity index (χ2n) is 5.33. The Bertz CT molecular complexity index is 229. The molecule has 0 bridgehead atoms. The minimum Gasteiger partial charge on any atom is -0.349 e. The SMILES string of the molecule is CC(C)C(C)(CN)NC(=O)CC1CCC1.Cl. The molecule has 1 fully saturated rings. The van der Waals surface area contributed by atoms with Gasteiger partial charge in [0.25, 0.3) is 0 Å². The third-order valence-corrected chi connectivity index (χ3v) is 3.82. The van der Waals surface area contributed by atoms with Gasteiger partial charge in [-0.25, -0.2) is 0 Å². The second kappa shape index (κ2) is 6.45. The number of carbonyl (C=O) groups excluding carboxylic acids is 1. The lowest BCUT2D eigenvalue weighted by molar-refractivity contribution is -0.124. The van der Waals surface area contributed by atoms with E-state index in [0.29, 0.717) is 24.8 Å². The summed E-state index contributed by atoms with van der Waals surface area (Å²) in [5.74, 6) is 1.16. The summed E-state index contributed by atoms with van der Waals surface area (Å²) in [6.07, 6.45) is 4.40. The molecule has 0 radical (unpaired) electrons. The van der Waals surface area contributed by atoms with Crippen LogP contribution in [0.25, 0.3) is 0 Å². The predicted molar refractivity (Wildman–Crippen MR) is 69.6 cm³/mol. The van der Waals surface area contributed by atoms with Crippen LogP contribution in [-0.2, 0) is 4.79 Å². The van der Waals surface area contributed by atoms with Crippen LogP contribution in [0.4, 0.5) is 0 Å². The number of nitrogens with two attached hydrogens (primary N) is 1. The summed E-state index contributed by atoms with van der Waals surface area (Å²) in [6, 6.07) is 0. The molecule has 4 heteroatoms. The highest BCUT2D eigenvalue weighted by atomic mass is 35.5. The molecule has 1 atom stereocenters. The zero-order chi connectivity index (χ0) is 11.5. The maximum absolute atomic E-state index is 11.8. The summed E-state index contributed by atoms with van der Waals surface area (Å²) < 4.78 is 0. The minimum atomic E-state index is -0.249. The van der Waals surface area contributed by atoms with Crippen LogP contribution in [0, 0.1) is 11.8 Å².